The molecule has 0 unspecified atom stereocenters. The molecule has 1 aliphatic heterocycles. The van der Waals surface area contributed by atoms with Gasteiger partial charge in [0.15, 0.2) is 0 Å². The Bertz CT molecular complexity index is 199. The van der Waals surface area contributed by atoms with Crippen molar-refractivity contribution in [2.75, 3.05) is 19.6 Å². The number of nitrogens with one attached hydrogen (secondary N) is 1. The third-order valence-corrected chi connectivity index (χ3v) is 3.55. The Hall–Kier alpha value is -0.570. The van der Waals surface area contributed by atoms with E-state index in [9.17, 15) is 4.79 Å². The smallest absolute Gasteiger partial charge is 0.234 e. The summed E-state index contributed by atoms with van der Waals surface area (Å²) in [6.07, 6.45) is 3.29. The van der Waals surface area contributed by atoms with Crippen LogP contribution in [0.1, 0.15) is 40.0 Å². The van der Waals surface area contributed by atoms with Crippen LogP contribution >= 0.6 is 0 Å². The second-order valence-corrected chi connectivity index (χ2v) is 4.33. The van der Waals surface area contributed by atoms with E-state index in [0.29, 0.717) is 6.54 Å². The summed E-state index contributed by atoms with van der Waals surface area (Å²) in [5, 5.41) is 2.91. The summed E-state index contributed by atoms with van der Waals surface area (Å²) in [4.78, 5) is 13.7. The lowest BCUT2D eigenvalue weighted by atomic mass is 9.93. The highest BCUT2D eigenvalue weighted by molar-refractivity contribution is 5.78. The lowest BCUT2D eigenvalue weighted by Crippen LogP contribution is -2.48. The van der Waals surface area contributed by atoms with Crippen LogP contribution in [0.2, 0.25) is 0 Å². The number of carbonyl (C=O) groups excluding carboxylic acids is 1. The van der Waals surface area contributed by atoms with Gasteiger partial charge in [0.05, 0.1) is 6.54 Å². The molecule has 1 amide bonds. The number of amides is 1. The van der Waals surface area contributed by atoms with Gasteiger partial charge in [0.2, 0.25) is 5.91 Å². The molecular weight excluding hydrogens is 176 g/mol. The highest BCUT2D eigenvalue weighted by atomic mass is 16.2. The van der Waals surface area contributed by atoms with Crippen molar-refractivity contribution in [2.45, 2.75) is 45.6 Å². The molecule has 82 valence electrons. The van der Waals surface area contributed by atoms with Crippen LogP contribution in [0.3, 0.4) is 0 Å². The van der Waals surface area contributed by atoms with Gasteiger partial charge in [0.1, 0.15) is 0 Å². The summed E-state index contributed by atoms with van der Waals surface area (Å²) in [6.45, 7) is 9.10. The standard InChI is InChI=1S/C11H22N2O/c1-4-11(3,5-2)13-8-6-7-12-10(14)9-13/h4-9H2,1-3H3,(H,12,14). The summed E-state index contributed by atoms with van der Waals surface area (Å²) < 4.78 is 0. The van der Waals surface area contributed by atoms with Crippen molar-refractivity contribution in [1.82, 2.24) is 10.2 Å². The fraction of sp³-hybridized carbons (Fsp3) is 0.909. The van der Waals surface area contributed by atoms with Crippen LogP contribution < -0.4 is 5.32 Å². The van der Waals surface area contributed by atoms with Gasteiger partial charge in [0, 0.05) is 18.6 Å². The van der Waals surface area contributed by atoms with E-state index in [4.69, 9.17) is 0 Å². The molecule has 1 heterocycles. The lowest BCUT2D eigenvalue weighted by Gasteiger charge is -2.39. The van der Waals surface area contributed by atoms with E-state index >= 15 is 0 Å². The average Bonchev–Trinajstić information content (AvgIpc) is 2.42. The molecular formula is C11H22N2O. The van der Waals surface area contributed by atoms with Crippen molar-refractivity contribution in [3.05, 3.63) is 0 Å². The second kappa shape index (κ2) is 4.78. The summed E-state index contributed by atoms with van der Waals surface area (Å²) in [6, 6.07) is 0. The summed E-state index contributed by atoms with van der Waals surface area (Å²) in [5.41, 5.74) is 0.196. The highest BCUT2D eigenvalue weighted by Gasteiger charge is 2.30. The van der Waals surface area contributed by atoms with Gasteiger partial charge < -0.3 is 5.32 Å². The molecule has 1 saturated heterocycles. The number of hydrogen-bond acceptors (Lipinski definition) is 2. The molecule has 0 spiro atoms. The second-order valence-electron chi connectivity index (χ2n) is 4.33. The van der Waals surface area contributed by atoms with Gasteiger partial charge in [-0.15, -0.1) is 0 Å². The zero-order valence-electron chi connectivity index (χ0n) is 9.60. The van der Waals surface area contributed by atoms with E-state index in [1.807, 2.05) is 0 Å². The van der Waals surface area contributed by atoms with E-state index in [-0.39, 0.29) is 11.4 Å². The molecule has 1 aliphatic rings. The van der Waals surface area contributed by atoms with Crippen molar-refractivity contribution in [2.24, 2.45) is 0 Å². The number of rotatable bonds is 3. The van der Waals surface area contributed by atoms with E-state index in [1.54, 1.807) is 0 Å². The predicted octanol–water partition coefficient (Wildman–Crippen LogP) is 1.39. The Morgan fingerprint density at radius 2 is 2.07 bits per heavy atom. The van der Waals surface area contributed by atoms with Crippen molar-refractivity contribution in [3.8, 4) is 0 Å². The largest absolute Gasteiger partial charge is 0.355 e. The molecule has 1 N–H and O–H groups in total. The molecule has 3 heteroatoms. The first kappa shape index (κ1) is 11.5. The molecule has 0 saturated carbocycles. The number of hydrogen-bond donors (Lipinski definition) is 1. The van der Waals surface area contributed by atoms with E-state index in [0.717, 1.165) is 32.4 Å². The van der Waals surface area contributed by atoms with Gasteiger partial charge in [-0.1, -0.05) is 13.8 Å². The average molecular weight is 198 g/mol. The van der Waals surface area contributed by atoms with Gasteiger partial charge in [-0.25, -0.2) is 0 Å². The summed E-state index contributed by atoms with van der Waals surface area (Å²) >= 11 is 0. The maximum atomic E-state index is 11.4. The van der Waals surface area contributed by atoms with Crippen LogP contribution in [-0.2, 0) is 4.79 Å². The SMILES string of the molecule is CCC(C)(CC)N1CCCNC(=O)C1. The molecule has 0 bridgehead atoms. The Balaban J connectivity index is 2.68. The third-order valence-electron chi connectivity index (χ3n) is 3.55. The minimum atomic E-state index is 0.177. The Morgan fingerprint density at radius 3 is 2.64 bits per heavy atom. The molecule has 0 aromatic carbocycles. The lowest BCUT2D eigenvalue weighted by molar-refractivity contribution is -0.122. The van der Waals surface area contributed by atoms with Crippen LogP contribution in [0, 0.1) is 0 Å². The topological polar surface area (TPSA) is 32.3 Å². The molecule has 0 aromatic rings. The van der Waals surface area contributed by atoms with Crippen LogP contribution in [0.15, 0.2) is 0 Å². The molecule has 0 aliphatic carbocycles. The monoisotopic (exact) mass is 198 g/mol. The van der Waals surface area contributed by atoms with Gasteiger partial charge in [0.25, 0.3) is 0 Å². The maximum Gasteiger partial charge on any atom is 0.234 e. The van der Waals surface area contributed by atoms with E-state index in [2.05, 4.69) is 31.0 Å². The fourth-order valence-electron chi connectivity index (χ4n) is 1.96. The fourth-order valence-corrected chi connectivity index (χ4v) is 1.96. The number of nitrogens with zero attached hydrogens (tertiary/aromatic N) is 1. The third kappa shape index (κ3) is 2.47. The first-order chi connectivity index (χ1) is 6.62. The molecule has 0 radical (unpaired) electrons. The quantitative estimate of drug-likeness (QED) is 0.743. The van der Waals surface area contributed by atoms with Crippen LogP contribution in [0.25, 0.3) is 0 Å². The first-order valence-corrected chi connectivity index (χ1v) is 5.64. The predicted molar refractivity (Wildman–Crippen MR) is 58.2 cm³/mol. The van der Waals surface area contributed by atoms with Gasteiger partial charge in [-0.3, -0.25) is 9.69 Å². The van der Waals surface area contributed by atoms with Gasteiger partial charge >= 0.3 is 0 Å². The molecule has 1 rings (SSSR count). The Kier molecular flexibility index (Phi) is 3.93. The zero-order valence-corrected chi connectivity index (χ0v) is 9.60. The minimum Gasteiger partial charge on any atom is -0.355 e. The number of carbonyl (C=O) groups is 1. The maximum absolute atomic E-state index is 11.4. The summed E-state index contributed by atoms with van der Waals surface area (Å²) in [7, 11) is 0. The molecule has 0 aromatic heterocycles. The highest BCUT2D eigenvalue weighted by Crippen LogP contribution is 2.23. The molecule has 0 atom stereocenters. The Morgan fingerprint density at radius 1 is 1.43 bits per heavy atom. The molecule has 3 nitrogen and oxygen atoms in total. The zero-order chi connectivity index (χ0) is 10.6. The van der Waals surface area contributed by atoms with Crippen molar-refractivity contribution in [3.63, 3.8) is 0 Å². The van der Waals surface area contributed by atoms with E-state index in [1.165, 1.54) is 0 Å². The van der Waals surface area contributed by atoms with Crippen molar-refractivity contribution in [1.29, 1.82) is 0 Å². The van der Waals surface area contributed by atoms with Gasteiger partial charge in [-0.05, 0) is 26.2 Å². The Labute approximate surface area is 86.9 Å². The van der Waals surface area contributed by atoms with Crippen LogP contribution in [0.5, 0.6) is 0 Å². The van der Waals surface area contributed by atoms with Crippen molar-refractivity contribution < 1.29 is 4.79 Å². The van der Waals surface area contributed by atoms with Gasteiger partial charge in [-0.2, -0.15) is 0 Å². The minimum absolute atomic E-state index is 0.177. The van der Waals surface area contributed by atoms with Crippen LogP contribution in [-0.4, -0.2) is 36.0 Å². The molecule has 1 fully saturated rings. The first-order valence-electron chi connectivity index (χ1n) is 5.64. The molecule has 14 heavy (non-hydrogen) atoms. The summed E-state index contributed by atoms with van der Waals surface area (Å²) in [5.74, 6) is 0.177. The normalized spacial score (nSPS) is 20.4. The van der Waals surface area contributed by atoms with Crippen molar-refractivity contribution >= 4 is 5.91 Å². The van der Waals surface area contributed by atoms with Crippen LogP contribution in [0.4, 0.5) is 0 Å². The van der Waals surface area contributed by atoms with E-state index < -0.39 is 0 Å².